The topological polar surface area (TPSA) is 39.1 Å². The molecule has 19 heavy (non-hydrogen) atoms. The van der Waals surface area contributed by atoms with Gasteiger partial charge >= 0.3 is 0 Å². The van der Waals surface area contributed by atoms with Crippen LogP contribution in [0.5, 0.6) is 0 Å². The van der Waals surface area contributed by atoms with Crippen LogP contribution in [0.4, 0.5) is 11.6 Å². The maximum atomic E-state index is 5.12. The molecule has 2 rings (SSSR count). The van der Waals surface area contributed by atoms with E-state index >= 15 is 0 Å². The number of benzene rings is 1. The van der Waals surface area contributed by atoms with Gasteiger partial charge in [-0.05, 0) is 44.0 Å². The van der Waals surface area contributed by atoms with Crippen LogP contribution in [-0.4, -0.2) is 23.3 Å². The largest absolute Gasteiger partial charge is 0.383 e. The molecule has 0 bridgehead atoms. The standard InChI is InChI=1S/C15H21N3O/c1-11-5-6-14(9-12(11)2)17-15-16-13(3)10-18(15)7-8-19-4/h5-6,9-10H,7-8H2,1-4H3,(H,16,17). The van der Waals surface area contributed by atoms with Crippen LogP contribution in [0.25, 0.3) is 0 Å². The summed E-state index contributed by atoms with van der Waals surface area (Å²) >= 11 is 0. The van der Waals surface area contributed by atoms with E-state index in [0.29, 0.717) is 6.61 Å². The average molecular weight is 259 g/mol. The van der Waals surface area contributed by atoms with Gasteiger partial charge in [-0.1, -0.05) is 6.07 Å². The van der Waals surface area contributed by atoms with Crippen LogP contribution in [0.15, 0.2) is 24.4 Å². The Morgan fingerprint density at radius 1 is 1.21 bits per heavy atom. The number of imidazole rings is 1. The zero-order valence-electron chi connectivity index (χ0n) is 12.0. The Hall–Kier alpha value is -1.81. The van der Waals surface area contributed by atoms with Crippen molar-refractivity contribution in [3.05, 3.63) is 41.2 Å². The van der Waals surface area contributed by atoms with Gasteiger partial charge in [0.15, 0.2) is 0 Å². The minimum atomic E-state index is 0.678. The molecule has 0 fully saturated rings. The third kappa shape index (κ3) is 3.35. The maximum Gasteiger partial charge on any atom is 0.207 e. The zero-order chi connectivity index (χ0) is 13.8. The molecule has 1 heterocycles. The van der Waals surface area contributed by atoms with Gasteiger partial charge in [-0.25, -0.2) is 4.98 Å². The van der Waals surface area contributed by atoms with E-state index < -0.39 is 0 Å². The molecule has 0 aliphatic heterocycles. The Bertz CT molecular complexity index is 561. The van der Waals surface area contributed by atoms with Gasteiger partial charge in [0.1, 0.15) is 0 Å². The van der Waals surface area contributed by atoms with Crippen molar-refractivity contribution in [3.63, 3.8) is 0 Å². The number of ether oxygens (including phenoxy) is 1. The second-order valence-corrected chi connectivity index (χ2v) is 4.82. The van der Waals surface area contributed by atoms with Crippen molar-refractivity contribution in [1.29, 1.82) is 0 Å². The van der Waals surface area contributed by atoms with Crippen molar-refractivity contribution in [3.8, 4) is 0 Å². The lowest BCUT2D eigenvalue weighted by Gasteiger charge is -2.10. The molecule has 0 atom stereocenters. The van der Waals surface area contributed by atoms with Crippen LogP contribution in [0.2, 0.25) is 0 Å². The molecule has 2 aromatic rings. The number of nitrogens with zero attached hydrogens (tertiary/aromatic N) is 2. The molecule has 4 nitrogen and oxygen atoms in total. The third-order valence-corrected chi connectivity index (χ3v) is 3.20. The monoisotopic (exact) mass is 259 g/mol. The van der Waals surface area contributed by atoms with Crippen LogP contribution < -0.4 is 5.32 Å². The van der Waals surface area contributed by atoms with Crippen molar-refractivity contribution in [2.24, 2.45) is 0 Å². The molecule has 0 spiro atoms. The molecule has 0 aliphatic carbocycles. The summed E-state index contributed by atoms with van der Waals surface area (Å²) in [5.41, 5.74) is 4.64. The highest BCUT2D eigenvalue weighted by Crippen LogP contribution is 2.19. The number of methoxy groups -OCH3 is 1. The fourth-order valence-electron chi connectivity index (χ4n) is 1.95. The van der Waals surface area contributed by atoms with Gasteiger partial charge in [0.25, 0.3) is 0 Å². The Morgan fingerprint density at radius 2 is 2.00 bits per heavy atom. The molecule has 0 aliphatic rings. The van der Waals surface area contributed by atoms with Crippen LogP contribution in [0, 0.1) is 20.8 Å². The normalized spacial score (nSPS) is 10.7. The first-order chi connectivity index (χ1) is 9.10. The number of nitrogens with one attached hydrogen (secondary N) is 1. The number of rotatable bonds is 5. The molecule has 0 unspecified atom stereocenters. The second kappa shape index (κ2) is 5.89. The van der Waals surface area contributed by atoms with Crippen molar-refractivity contribution < 1.29 is 4.74 Å². The van der Waals surface area contributed by atoms with Gasteiger partial charge in [0, 0.05) is 25.5 Å². The number of hydrogen-bond donors (Lipinski definition) is 1. The highest BCUT2D eigenvalue weighted by Gasteiger charge is 2.06. The fourth-order valence-corrected chi connectivity index (χ4v) is 1.95. The van der Waals surface area contributed by atoms with Gasteiger partial charge in [-0.15, -0.1) is 0 Å². The first kappa shape index (κ1) is 13.6. The van der Waals surface area contributed by atoms with E-state index in [1.165, 1.54) is 11.1 Å². The van der Waals surface area contributed by atoms with Gasteiger partial charge < -0.3 is 14.6 Å². The van der Waals surface area contributed by atoms with E-state index in [9.17, 15) is 0 Å². The summed E-state index contributed by atoms with van der Waals surface area (Å²) < 4.78 is 7.20. The molecule has 0 radical (unpaired) electrons. The van der Waals surface area contributed by atoms with Crippen LogP contribution >= 0.6 is 0 Å². The predicted molar refractivity (Wildman–Crippen MR) is 78.0 cm³/mol. The van der Waals surface area contributed by atoms with E-state index in [4.69, 9.17) is 4.74 Å². The molecule has 102 valence electrons. The molecular formula is C15H21N3O. The van der Waals surface area contributed by atoms with E-state index in [-0.39, 0.29) is 0 Å². The van der Waals surface area contributed by atoms with Crippen LogP contribution in [0.1, 0.15) is 16.8 Å². The van der Waals surface area contributed by atoms with Crippen LogP contribution in [-0.2, 0) is 11.3 Å². The number of aryl methyl sites for hydroxylation is 3. The highest BCUT2D eigenvalue weighted by atomic mass is 16.5. The Morgan fingerprint density at radius 3 is 2.68 bits per heavy atom. The van der Waals surface area contributed by atoms with Crippen molar-refractivity contribution in [2.75, 3.05) is 19.0 Å². The van der Waals surface area contributed by atoms with E-state index in [0.717, 1.165) is 23.9 Å². The number of aromatic nitrogens is 2. The van der Waals surface area contributed by atoms with Crippen molar-refractivity contribution in [1.82, 2.24) is 9.55 Å². The molecule has 0 saturated carbocycles. The molecule has 0 amide bonds. The summed E-state index contributed by atoms with van der Waals surface area (Å²) in [7, 11) is 1.71. The summed E-state index contributed by atoms with van der Waals surface area (Å²) in [4.78, 5) is 4.51. The van der Waals surface area contributed by atoms with Crippen molar-refractivity contribution >= 4 is 11.6 Å². The van der Waals surface area contributed by atoms with E-state index in [1.54, 1.807) is 7.11 Å². The smallest absolute Gasteiger partial charge is 0.207 e. The fraction of sp³-hybridized carbons (Fsp3) is 0.400. The summed E-state index contributed by atoms with van der Waals surface area (Å²) in [5.74, 6) is 0.859. The lowest BCUT2D eigenvalue weighted by Crippen LogP contribution is -2.07. The summed E-state index contributed by atoms with van der Waals surface area (Å²) in [5, 5.41) is 3.37. The quantitative estimate of drug-likeness (QED) is 0.896. The lowest BCUT2D eigenvalue weighted by atomic mass is 10.1. The minimum absolute atomic E-state index is 0.678. The average Bonchev–Trinajstić information content (AvgIpc) is 2.71. The Labute approximate surface area is 114 Å². The number of anilines is 2. The predicted octanol–water partition coefficient (Wildman–Crippen LogP) is 3.20. The van der Waals surface area contributed by atoms with Gasteiger partial charge in [-0.2, -0.15) is 0 Å². The zero-order valence-corrected chi connectivity index (χ0v) is 12.0. The van der Waals surface area contributed by atoms with Gasteiger partial charge in [-0.3, -0.25) is 0 Å². The van der Waals surface area contributed by atoms with Crippen LogP contribution in [0.3, 0.4) is 0 Å². The van der Waals surface area contributed by atoms with Gasteiger partial charge in [0.2, 0.25) is 5.95 Å². The Kier molecular flexibility index (Phi) is 4.22. The molecule has 1 aromatic heterocycles. The molecular weight excluding hydrogens is 238 g/mol. The highest BCUT2D eigenvalue weighted by molar-refractivity contribution is 5.56. The van der Waals surface area contributed by atoms with E-state index in [1.807, 2.05) is 13.1 Å². The van der Waals surface area contributed by atoms with E-state index in [2.05, 4.69) is 46.9 Å². The summed E-state index contributed by atoms with van der Waals surface area (Å²) in [6, 6.07) is 6.33. The lowest BCUT2D eigenvalue weighted by molar-refractivity contribution is 0.188. The second-order valence-electron chi connectivity index (χ2n) is 4.82. The van der Waals surface area contributed by atoms with Gasteiger partial charge in [0.05, 0.1) is 12.3 Å². The third-order valence-electron chi connectivity index (χ3n) is 3.20. The SMILES string of the molecule is COCCn1cc(C)nc1Nc1ccc(C)c(C)c1. The number of hydrogen-bond acceptors (Lipinski definition) is 3. The molecule has 1 N–H and O–H groups in total. The first-order valence-corrected chi connectivity index (χ1v) is 6.47. The minimum Gasteiger partial charge on any atom is -0.383 e. The Balaban J connectivity index is 2.19. The summed E-state index contributed by atoms with van der Waals surface area (Å²) in [6.45, 7) is 7.70. The molecule has 0 saturated heterocycles. The molecule has 4 heteroatoms. The maximum absolute atomic E-state index is 5.12. The molecule has 1 aromatic carbocycles. The van der Waals surface area contributed by atoms with Crippen molar-refractivity contribution in [2.45, 2.75) is 27.3 Å². The first-order valence-electron chi connectivity index (χ1n) is 6.47. The summed E-state index contributed by atoms with van der Waals surface area (Å²) in [6.07, 6.45) is 2.03.